The van der Waals surface area contributed by atoms with E-state index in [1.165, 1.54) is 0 Å². The maximum Gasteiger partial charge on any atom is 0.0905 e. The Kier molecular flexibility index (Phi) is 5.08. The van der Waals surface area contributed by atoms with Gasteiger partial charge < -0.3 is 5.11 Å². The Balaban J connectivity index is 2.82. The van der Waals surface area contributed by atoms with Gasteiger partial charge in [0.25, 0.3) is 0 Å². The minimum absolute atomic E-state index is 0.708. The number of benzene rings is 1. The van der Waals surface area contributed by atoms with Crippen LogP contribution in [-0.4, -0.2) is 5.11 Å². The van der Waals surface area contributed by atoms with Crippen LogP contribution in [0.4, 0.5) is 0 Å². The van der Waals surface area contributed by atoms with Gasteiger partial charge in [0.15, 0.2) is 0 Å². The van der Waals surface area contributed by atoms with Gasteiger partial charge in [0.05, 0.1) is 5.60 Å². The van der Waals surface area contributed by atoms with Crippen molar-refractivity contribution >= 4 is 0 Å². The lowest BCUT2D eigenvalue weighted by molar-refractivity contribution is 0.0192. The van der Waals surface area contributed by atoms with Crippen LogP contribution in [0.3, 0.4) is 0 Å². The Morgan fingerprint density at radius 1 is 1.19 bits per heavy atom. The lowest BCUT2D eigenvalue weighted by atomic mass is 9.85. The summed E-state index contributed by atoms with van der Waals surface area (Å²) < 4.78 is 0. The fraction of sp³-hybridized carbons (Fsp3) is 0.467. The van der Waals surface area contributed by atoms with E-state index >= 15 is 0 Å². The van der Waals surface area contributed by atoms with Gasteiger partial charge in [-0.25, -0.2) is 0 Å². The molecule has 0 radical (unpaired) electrons. The Labute approximate surface area is 98.5 Å². The molecule has 1 N–H and O–H groups in total. The standard InChI is InChI=1S/C15H20O/c1-3-5-9-13-15(16,12-4-2)14-10-7-6-8-11-14/h6-8,10-11,16H,4,9,12-13H2,1-2H3. The molecule has 1 unspecified atom stereocenters. The molecule has 86 valence electrons. The van der Waals surface area contributed by atoms with E-state index in [0.717, 1.165) is 24.8 Å². The van der Waals surface area contributed by atoms with Gasteiger partial charge in [0.1, 0.15) is 0 Å². The van der Waals surface area contributed by atoms with Crippen LogP contribution in [0.15, 0.2) is 30.3 Å². The molecule has 0 aliphatic heterocycles. The van der Waals surface area contributed by atoms with Gasteiger partial charge in [-0.1, -0.05) is 43.7 Å². The SMILES string of the molecule is CC#CCCC(O)(CCC)c1ccccc1. The normalized spacial score (nSPS) is 13.7. The molecule has 0 aliphatic carbocycles. The van der Waals surface area contributed by atoms with Gasteiger partial charge in [0, 0.05) is 6.42 Å². The zero-order valence-corrected chi connectivity index (χ0v) is 10.2. The average molecular weight is 216 g/mol. The zero-order chi connectivity index (χ0) is 11.9. The number of rotatable bonds is 5. The van der Waals surface area contributed by atoms with Gasteiger partial charge >= 0.3 is 0 Å². The molecule has 16 heavy (non-hydrogen) atoms. The Bertz CT molecular complexity index is 358. The summed E-state index contributed by atoms with van der Waals surface area (Å²) in [5.74, 6) is 5.89. The first-order chi connectivity index (χ1) is 7.73. The predicted octanol–water partition coefficient (Wildman–Crippen LogP) is 3.48. The fourth-order valence-corrected chi connectivity index (χ4v) is 1.97. The Morgan fingerprint density at radius 3 is 2.44 bits per heavy atom. The molecule has 1 heteroatoms. The molecule has 0 fully saturated rings. The maximum atomic E-state index is 10.6. The van der Waals surface area contributed by atoms with Crippen molar-refractivity contribution in [3.8, 4) is 11.8 Å². The van der Waals surface area contributed by atoms with E-state index in [2.05, 4.69) is 18.8 Å². The molecule has 0 bridgehead atoms. The quantitative estimate of drug-likeness (QED) is 0.747. The highest BCUT2D eigenvalue weighted by atomic mass is 16.3. The molecule has 0 heterocycles. The summed E-state index contributed by atoms with van der Waals surface area (Å²) in [5, 5.41) is 10.6. The van der Waals surface area contributed by atoms with Crippen molar-refractivity contribution in [2.24, 2.45) is 0 Å². The van der Waals surface area contributed by atoms with Crippen molar-refractivity contribution in [2.75, 3.05) is 0 Å². The van der Waals surface area contributed by atoms with E-state index in [4.69, 9.17) is 0 Å². The highest BCUT2D eigenvalue weighted by molar-refractivity contribution is 5.22. The molecule has 1 aromatic rings. The lowest BCUT2D eigenvalue weighted by Gasteiger charge is -2.27. The molecule has 0 aromatic heterocycles. The van der Waals surface area contributed by atoms with Crippen molar-refractivity contribution < 1.29 is 5.11 Å². The summed E-state index contributed by atoms with van der Waals surface area (Å²) in [6.45, 7) is 3.93. The van der Waals surface area contributed by atoms with Crippen molar-refractivity contribution in [3.63, 3.8) is 0 Å². The van der Waals surface area contributed by atoms with Gasteiger partial charge in [-0.2, -0.15) is 0 Å². The third-order valence-electron chi connectivity index (χ3n) is 2.82. The minimum atomic E-state index is -0.708. The van der Waals surface area contributed by atoms with Crippen LogP contribution >= 0.6 is 0 Å². The second kappa shape index (κ2) is 6.35. The van der Waals surface area contributed by atoms with Crippen LogP contribution in [0.2, 0.25) is 0 Å². The first-order valence-corrected chi connectivity index (χ1v) is 5.90. The molecule has 0 saturated heterocycles. The van der Waals surface area contributed by atoms with Crippen LogP contribution < -0.4 is 0 Å². The van der Waals surface area contributed by atoms with E-state index in [-0.39, 0.29) is 0 Å². The molecule has 1 nitrogen and oxygen atoms in total. The molecule has 0 aliphatic rings. The van der Waals surface area contributed by atoms with Crippen molar-refractivity contribution in [2.45, 2.75) is 45.1 Å². The summed E-state index contributed by atoms with van der Waals surface area (Å²) in [7, 11) is 0. The summed E-state index contributed by atoms with van der Waals surface area (Å²) in [5.41, 5.74) is 0.301. The van der Waals surface area contributed by atoms with E-state index in [1.54, 1.807) is 0 Å². The summed E-state index contributed by atoms with van der Waals surface area (Å²) >= 11 is 0. The first kappa shape index (κ1) is 12.8. The molecule has 1 atom stereocenters. The minimum Gasteiger partial charge on any atom is -0.385 e. The van der Waals surface area contributed by atoms with Crippen LogP contribution in [0, 0.1) is 11.8 Å². The summed E-state index contributed by atoms with van der Waals surface area (Å²) in [6, 6.07) is 9.91. The van der Waals surface area contributed by atoms with Crippen LogP contribution in [-0.2, 0) is 5.60 Å². The molecule has 1 aromatic carbocycles. The predicted molar refractivity (Wildman–Crippen MR) is 67.9 cm³/mol. The first-order valence-electron chi connectivity index (χ1n) is 5.90. The van der Waals surface area contributed by atoms with Crippen molar-refractivity contribution in [1.82, 2.24) is 0 Å². The fourth-order valence-electron chi connectivity index (χ4n) is 1.97. The maximum absolute atomic E-state index is 10.6. The topological polar surface area (TPSA) is 20.2 Å². The van der Waals surface area contributed by atoms with Gasteiger partial charge in [-0.05, 0) is 25.3 Å². The number of aliphatic hydroxyl groups is 1. The number of hydrogen-bond acceptors (Lipinski definition) is 1. The van der Waals surface area contributed by atoms with Gasteiger partial charge in [-0.15, -0.1) is 11.8 Å². The largest absolute Gasteiger partial charge is 0.385 e. The smallest absolute Gasteiger partial charge is 0.0905 e. The van der Waals surface area contributed by atoms with E-state index in [9.17, 15) is 5.11 Å². The average Bonchev–Trinajstić information content (AvgIpc) is 2.31. The zero-order valence-electron chi connectivity index (χ0n) is 10.2. The molecule has 0 spiro atoms. The second-order valence-corrected chi connectivity index (χ2v) is 4.07. The summed E-state index contributed by atoms with van der Waals surface area (Å²) in [4.78, 5) is 0. The third kappa shape index (κ3) is 3.40. The Hall–Kier alpha value is -1.26. The van der Waals surface area contributed by atoms with Gasteiger partial charge in [-0.3, -0.25) is 0 Å². The third-order valence-corrected chi connectivity index (χ3v) is 2.82. The van der Waals surface area contributed by atoms with E-state index in [1.807, 2.05) is 37.3 Å². The molecular formula is C15H20O. The van der Waals surface area contributed by atoms with E-state index in [0.29, 0.717) is 6.42 Å². The van der Waals surface area contributed by atoms with Crippen LogP contribution in [0.1, 0.15) is 45.1 Å². The Morgan fingerprint density at radius 2 is 1.88 bits per heavy atom. The van der Waals surface area contributed by atoms with Crippen LogP contribution in [0.5, 0.6) is 0 Å². The summed E-state index contributed by atoms with van der Waals surface area (Å²) in [6.07, 6.45) is 3.24. The van der Waals surface area contributed by atoms with Crippen LogP contribution in [0.25, 0.3) is 0 Å². The monoisotopic (exact) mass is 216 g/mol. The molecular weight excluding hydrogens is 196 g/mol. The van der Waals surface area contributed by atoms with Gasteiger partial charge in [0.2, 0.25) is 0 Å². The molecule has 0 saturated carbocycles. The van der Waals surface area contributed by atoms with E-state index < -0.39 is 5.60 Å². The highest BCUT2D eigenvalue weighted by Crippen LogP contribution is 2.31. The van der Waals surface area contributed by atoms with Crippen molar-refractivity contribution in [3.05, 3.63) is 35.9 Å². The molecule has 1 rings (SSSR count). The molecule has 0 amide bonds. The highest BCUT2D eigenvalue weighted by Gasteiger charge is 2.26. The lowest BCUT2D eigenvalue weighted by Crippen LogP contribution is -2.25. The second-order valence-electron chi connectivity index (χ2n) is 4.07. The number of hydrogen-bond donors (Lipinski definition) is 1. The van der Waals surface area contributed by atoms with Crippen molar-refractivity contribution in [1.29, 1.82) is 0 Å².